The van der Waals surface area contributed by atoms with Crippen LogP contribution in [-0.2, 0) is 33.4 Å². The molecule has 2 aliphatic heterocycles. The predicted molar refractivity (Wildman–Crippen MR) is 413 cm³/mol. The van der Waals surface area contributed by atoms with Crippen LogP contribution in [0, 0.1) is 41.4 Å². The fourth-order valence-corrected chi connectivity index (χ4v) is 14.4. The molecule has 2 heterocycles. The first kappa shape index (κ1) is 96.3. The van der Waals surface area contributed by atoms with E-state index in [2.05, 4.69) is 6.92 Å². The molecule has 608 valence electrons. The van der Waals surface area contributed by atoms with Crippen molar-refractivity contribution in [3.8, 4) is 0 Å². The topological polar surface area (TPSA) is 420 Å². The minimum Gasteiger partial charge on any atom is -0.504 e. The highest BCUT2D eigenvalue weighted by Crippen LogP contribution is 2.40. The number of esters is 1. The Morgan fingerprint density at radius 3 is 1.88 bits per heavy atom. The van der Waals surface area contributed by atoms with Gasteiger partial charge in [-0.2, -0.15) is 0 Å². The molecule has 0 saturated carbocycles. The molecule has 24 heteroatoms. The molecule has 0 aromatic carbocycles. The van der Waals surface area contributed by atoms with Crippen molar-refractivity contribution >= 4 is 35.1 Å². The molecule has 107 heavy (non-hydrogen) atoms. The third-order valence-electron chi connectivity index (χ3n) is 20.8. The van der Waals surface area contributed by atoms with Gasteiger partial charge in [0.15, 0.2) is 17.3 Å². The highest BCUT2D eigenvalue weighted by Gasteiger charge is 2.49. The molecule has 23 nitrogen and oxygen atoms in total. The quantitative estimate of drug-likeness (QED) is 0.0586. The molecule has 0 aromatic rings. The van der Waals surface area contributed by atoms with Gasteiger partial charge in [0.05, 0.1) is 109 Å². The average Bonchev–Trinajstić information content (AvgIpc) is 0.797. The lowest BCUT2D eigenvalue weighted by Crippen LogP contribution is -2.55. The van der Waals surface area contributed by atoms with Gasteiger partial charge in [0.25, 0.3) is 0 Å². The number of hydrogen-bond acceptors (Lipinski definition) is 24. The minimum absolute atomic E-state index is 0.0386. The third kappa shape index (κ3) is 37.3. The molecule has 1 saturated heterocycles. The van der Waals surface area contributed by atoms with Gasteiger partial charge in [-0.1, -0.05) is 165 Å². The monoisotopic (exact) mass is 1530 g/mol. The van der Waals surface area contributed by atoms with E-state index in [-0.39, 0.29) is 105 Å². The van der Waals surface area contributed by atoms with Crippen molar-refractivity contribution in [3.63, 3.8) is 0 Å². The largest absolute Gasteiger partial charge is 0.504 e. The number of fused-ring (bicyclic) bond motifs is 2. The summed E-state index contributed by atoms with van der Waals surface area (Å²) in [7, 11) is 1.42. The summed E-state index contributed by atoms with van der Waals surface area (Å²) in [5, 5.41) is 175. The number of cyclic esters (lactones) is 1. The van der Waals surface area contributed by atoms with Gasteiger partial charge in [-0.15, -0.1) is 11.8 Å². The van der Waals surface area contributed by atoms with Crippen LogP contribution < -0.4 is 0 Å². The highest BCUT2D eigenvalue weighted by molar-refractivity contribution is 8.03. The van der Waals surface area contributed by atoms with Gasteiger partial charge in [0, 0.05) is 74.5 Å². The minimum atomic E-state index is -2.25. The first-order valence-corrected chi connectivity index (χ1v) is 39.7. The molecule has 0 unspecified atom stereocenters. The van der Waals surface area contributed by atoms with E-state index in [1.165, 1.54) is 25.3 Å². The number of thioether (sulfide) groups is 1. The zero-order valence-electron chi connectivity index (χ0n) is 64.7. The summed E-state index contributed by atoms with van der Waals surface area (Å²) in [6.07, 6.45) is 17.2. The number of carbonyl (C=O) groups excluding carboxylic acids is 4. The van der Waals surface area contributed by atoms with E-state index >= 15 is 0 Å². The Morgan fingerprint density at radius 1 is 0.607 bits per heavy atom. The van der Waals surface area contributed by atoms with Gasteiger partial charge >= 0.3 is 5.97 Å². The second-order valence-corrected chi connectivity index (χ2v) is 31.4. The second kappa shape index (κ2) is 50.9. The molecule has 0 spiro atoms. The van der Waals surface area contributed by atoms with Gasteiger partial charge in [0.1, 0.15) is 11.9 Å². The van der Waals surface area contributed by atoms with E-state index in [1.807, 2.05) is 13.0 Å². The van der Waals surface area contributed by atoms with Gasteiger partial charge in [-0.05, 0) is 126 Å². The Bertz CT molecular complexity index is 2990. The van der Waals surface area contributed by atoms with Crippen LogP contribution in [0.2, 0.25) is 0 Å². The van der Waals surface area contributed by atoms with Crippen molar-refractivity contribution in [1.82, 2.24) is 0 Å². The van der Waals surface area contributed by atoms with Gasteiger partial charge < -0.3 is 95.9 Å². The molecule has 0 radical (unpaired) electrons. The average molecular weight is 1530 g/mol. The van der Waals surface area contributed by atoms with Gasteiger partial charge in [-0.3, -0.25) is 19.2 Å². The van der Waals surface area contributed by atoms with E-state index in [1.54, 1.807) is 127 Å². The van der Waals surface area contributed by atoms with Crippen molar-refractivity contribution in [1.29, 1.82) is 0 Å². The molecule has 3 aliphatic rings. The Labute approximate surface area is 639 Å². The van der Waals surface area contributed by atoms with Crippen LogP contribution in [0.1, 0.15) is 197 Å². The lowest BCUT2D eigenvalue weighted by molar-refractivity contribution is -0.302. The molecular formula is C83H132O23S. The summed E-state index contributed by atoms with van der Waals surface area (Å²) < 4.78 is 17.8. The smallest absolute Gasteiger partial charge is 0.311 e. The van der Waals surface area contributed by atoms with Crippen LogP contribution in [0.5, 0.6) is 0 Å². The Hall–Kier alpha value is -4.91. The first-order valence-electron chi connectivity index (χ1n) is 38.5. The van der Waals surface area contributed by atoms with Crippen LogP contribution in [0.25, 0.3) is 0 Å². The van der Waals surface area contributed by atoms with Crippen molar-refractivity contribution in [2.24, 2.45) is 41.4 Å². The van der Waals surface area contributed by atoms with Crippen molar-refractivity contribution in [2.75, 3.05) is 13.4 Å². The maximum atomic E-state index is 14.0. The van der Waals surface area contributed by atoms with E-state index in [9.17, 15) is 101 Å². The molecule has 0 aromatic heterocycles. The first-order chi connectivity index (χ1) is 50.5. The molecular weight excluding hydrogens is 1400 g/mol. The lowest BCUT2D eigenvalue weighted by atomic mass is 9.78. The van der Waals surface area contributed by atoms with Gasteiger partial charge in [0.2, 0.25) is 5.78 Å². The number of hydrogen-bond donors (Lipinski definition) is 16. The SMILES string of the molecule is CO[C@H](CC[C@@H](C)/C=C/C=C/[C@H]1C[C@@H](O)C[C@@H](O)CCCC[C@H](C)CC[C@@H](O)C[C@@H](O)CC=CC=CC=C[C@H](O)CC(=O)C[C@H](O)CC=CC=C[C@@H](O)C[C@H](O)C[C@@H](O)CC[C@H](C)[C@H](O)C[C@@H](O)[C@@H](C)[C@H](O)C(C)=CC=C[C@H](C)[C@@H](O)[C@H](C)[C@H]2O[C@@](O)(CC(=O)O1)C[C@H](O)[C@@H]2C)C1=C(SC)C(=O)C=C(O)C1=O. The second-order valence-electron chi connectivity index (χ2n) is 30.6. The molecule has 3 rings (SSSR count). The molecule has 16 N–H and O–H groups in total. The van der Waals surface area contributed by atoms with E-state index < -0.39 is 163 Å². The lowest BCUT2D eigenvalue weighted by Gasteiger charge is -2.46. The molecule has 1 fully saturated rings. The van der Waals surface area contributed by atoms with Gasteiger partial charge in [-0.25, -0.2) is 0 Å². The molecule has 1 aliphatic carbocycles. The number of ketones is 3. The maximum absolute atomic E-state index is 14.0. The van der Waals surface area contributed by atoms with Crippen molar-refractivity contribution < 1.29 is 115 Å². The molecule has 2 bridgehead atoms. The van der Waals surface area contributed by atoms with E-state index in [4.69, 9.17) is 14.2 Å². The van der Waals surface area contributed by atoms with E-state index in [0.29, 0.717) is 56.9 Å². The number of aliphatic hydroxyl groups excluding tert-OH is 15. The highest BCUT2D eigenvalue weighted by atomic mass is 32.2. The van der Waals surface area contributed by atoms with Crippen LogP contribution >= 0.6 is 11.8 Å². The summed E-state index contributed by atoms with van der Waals surface area (Å²) in [5.41, 5.74) is 0.579. The standard InChI is InChI=1S/C83H132O23S/c1-51-24-19-21-32-63(88)44-68(93)46-69(33-22-20-25-52(2)35-39-75(104-9)77-80(102)72(96)48-73(97)82(77)107-10)105-76(99)50-83(103)49-74(98)57(7)81(106-83)58(8)79(101)55(5)27-23-26-54(4)78(100)56(6)71(95)47-70(94)53(3)36-38-65(90)45-67(92)43-62(87)31-18-14-17-30-61(86)42-66(91)41-60(85)29-16-13-11-12-15-28-59(84)40-64(89)37-34-51/h11-18,20,22-23,25-27,29,31,33,48,51-53,55-65,67-71,74-75,78-79,81,84-90,92-96,98,100-101,103H,19,21,24,28,30,32,34-47,49-50H2,1-10H3/b13-11?,15-12?,17-14?,25-20+,27-23?,29-16?,31-18?,33-22+,54-26?/t51-,52-,53-,55-,56+,57-,58-,59-,60-,61+,62+,63-,64+,65-,67-,68-,69-,70+,71+,74-,75+,78+,79+,81-,83+/m0/s1. The number of aliphatic hydroxyl groups is 16. The Balaban J connectivity index is 1.80. The fraction of sp³-hybridized carbons (Fsp3) is 0.687. The maximum Gasteiger partial charge on any atom is 0.311 e. The van der Waals surface area contributed by atoms with Crippen LogP contribution in [0.15, 0.2) is 131 Å². The number of rotatable bonds is 9. The summed E-state index contributed by atoms with van der Waals surface area (Å²) in [4.78, 5) is 52.4. The summed E-state index contributed by atoms with van der Waals surface area (Å²) in [6, 6.07) is 0. The number of carbonyl (C=O) groups is 4. The van der Waals surface area contributed by atoms with Crippen molar-refractivity contribution in [2.45, 2.75) is 306 Å². The normalized spacial score (nSPS) is 36.5. The third-order valence-corrected chi connectivity index (χ3v) is 21.6. The molecule has 0 amide bonds. The Morgan fingerprint density at radius 2 is 1.21 bits per heavy atom. The van der Waals surface area contributed by atoms with Crippen LogP contribution in [-0.4, -0.2) is 228 Å². The summed E-state index contributed by atoms with van der Waals surface area (Å²) >= 11 is 1.10. The zero-order valence-corrected chi connectivity index (χ0v) is 65.5. The van der Waals surface area contributed by atoms with Crippen LogP contribution in [0.3, 0.4) is 0 Å². The Kier molecular flexibility index (Phi) is 45.8. The number of allylic oxidation sites excluding steroid dienone is 14. The van der Waals surface area contributed by atoms with Crippen LogP contribution in [0.4, 0.5) is 0 Å². The molecule has 25 atom stereocenters. The number of ether oxygens (including phenoxy) is 3. The fourth-order valence-electron chi connectivity index (χ4n) is 13.7. The number of Topliss-reactive ketones (excluding diaryl/α,β-unsaturated/α-hetero) is 2. The zero-order chi connectivity index (χ0) is 80.1. The summed E-state index contributed by atoms with van der Waals surface area (Å²) in [5.74, 6) is -8.18. The van der Waals surface area contributed by atoms with E-state index in [0.717, 1.165) is 30.7 Å². The predicted octanol–water partition coefficient (Wildman–Crippen LogP) is 8.28. The number of methoxy groups -OCH3 is 1. The van der Waals surface area contributed by atoms with Crippen molar-refractivity contribution in [3.05, 3.63) is 131 Å². The summed E-state index contributed by atoms with van der Waals surface area (Å²) in [6.45, 7) is 14.2.